The number of amides is 1. The van der Waals surface area contributed by atoms with Crippen molar-refractivity contribution in [2.24, 2.45) is 0 Å². The molecule has 0 bridgehead atoms. The summed E-state index contributed by atoms with van der Waals surface area (Å²) in [6.45, 7) is 0.399. The van der Waals surface area contributed by atoms with Gasteiger partial charge in [-0.15, -0.1) is 0 Å². The molecule has 8 heteroatoms. The SMILES string of the molecule is O=C(CCN1C(=S)N[C@H](c2ccccn2)[C@@H]1c1cccn1-c1ccc2ccccc2c1)Nc1ccc(F)cc1. The Balaban J connectivity index is 1.32. The topological polar surface area (TPSA) is 62.2 Å². The van der Waals surface area contributed by atoms with E-state index in [1.54, 1.807) is 18.3 Å². The quantitative estimate of drug-likeness (QED) is 0.244. The molecule has 5 aromatic rings. The molecule has 1 saturated heterocycles. The molecule has 1 aliphatic heterocycles. The fraction of sp³-hybridized carbons (Fsp3) is 0.129. The zero-order chi connectivity index (χ0) is 26.8. The molecule has 3 heterocycles. The maximum absolute atomic E-state index is 13.3. The summed E-state index contributed by atoms with van der Waals surface area (Å²) in [5, 5.41) is 9.20. The van der Waals surface area contributed by atoms with Crippen molar-refractivity contribution in [2.45, 2.75) is 18.5 Å². The Labute approximate surface area is 231 Å². The van der Waals surface area contributed by atoms with Crippen LogP contribution in [0.2, 0.25) is 0 Å². The normalized spacial score (nSPS) is 16.8. The minimum Gasteiger partial charge on any atom is -0.352 e. The van der Waals surface area contributed by atoms with Gasteiger partial charge in [0.15, 0.2) is 5.11 Å². The second-order valence-electron chi connectivity index (χ2n) is 9.46. The Hall–Kier alpha value is -4.56. The molecule has 2 aromatic heterocycles. The van der Waals surface area contributed by atoms with Crippen LogP contribution in [0.5, 0.6) is 0 Å². The molecule has 0 spiro atoms. The van der Waals surface area contributed by atoms with E-state index in [4.69, 9.17) is 12.2 Å². The van der Waals surface area contributed by atoms with Crippen LogP contribution < -0.4 is 10.6 Å². The molecule has 6 nitrogen and oxygen atoms in total. The molecule has 1 aliphatic rings. The van der Waals surface area contributed by atoms with Gasteiger partial charge < -0.3 is 20.1 Å². The summed E-state index contributed by atoms with van der Waals surface area (Å²) >= 11 is 5.79. The van der Waals surface area contributed by atoms with Crippen LogP contribution >= 0.6 is 12.2 Å². The monoisotopic (exact) mass is 535 g/mol. The number of thiocarbonyl (C=S) groups is 1. The number of carbonyl (C=O) groups is 1. The number of fused-ring (bicyclic) bond motifs is 1. The lowest BCUT2D eigenvalue weighted by atomic mass is 10.0. The summed E-state index contributed by atoms with van der Waals surface area (Å²) in [7, 11) is 0. The van der Waals surface area contributed by atoms with Crippen LogP contribution in [0, 0.1) is 5.82 Å². The number of pyridine rings is 1. The highest BCUT2D eigenvalue weighted by Gasteiger charge is 2.41. The number of nitrogens with one attached hydrogen (secondary N) is 2. The molecule has 194 valence electrons. The number of carbonyl (C=O) groups excluding carboxylic acids is 1. The Bertz CT molecular complexity index is 1640. The van der Waals surface area contributed by atoms with E-state index in [2.05, 4.69) is 67.7 Å². The molecular formula is C31H26FN5OS. The predicted molar refractivity (Wildman–Crippen MR) is 155 cm³/mol. The summed E-state index contributed by atoms with van der Waals surface area (Å²) in [5.41, 5.74) is 3.50. The number of rotatable bonds is 7. The van der Waals surface area contributed by atoms with Gasteiger partial charge in [-0.25, -0.2) is 4.39 Å². The highest BCUT2D eigenvalue weighted by Crippen LogP contribution is 2.39. The van der Waals surface area contributed by atoms with Gasteiger partial charge in [0.1, 0.15) is 5.82 Å². The molecule has 6 rings (SSSR count). The van der Waals surface area contributed by atoms with Gasteiger partial charge in [-0.1, -0.05) is 36.4 Å². The average Bonchev–Trinajstić information content (AvgIpc) is 3.57. The number of benzene rings is 3. The minimum atomic E-state index is -0.348. The zero-order valence-corrected chi connectivity index (χ0v) is 21.8. The lowest BCUT2D eigenvalue weighted by Gasteiger charge is -2.29. The van der Waals surface area contributed by atoms with Crippen LogP contribution in [0.25, 0.3) is 16.5 Å². The van der Waals surface area contributed by atoms with Crippen LogP contribution in [0.3, 0.4) is 0 Å². The third kappa shape index (κ3) is 5.11. The van der Waals surface area contributed by atoms with Crippen LogP contribution in [-0.4, -0.2) is 32.0 Å². The number of hydrogen-bond donors (Lipinski definition) is 2. The highest BCUT2D eigenvalue weighted by atomic mass is 32.1. The molecular weight excluding hydrogens is 509 g/mol. The van der Waals surface area contributed by atoms with Crippen LogP contribution in [0.15, 0.2) is 109 Å². The molecule has 1 fully saturated rings. The van der Waals surface area contributed by atoms with E-state index in [1.807, 2.05) is 36.4 Å². The van der Waals surface area contributed by atoms with Gasteiger partial charge in [0, 0.05) is 42.4 Å². The second kappa shape index (κ2) is 10.7. The average molecular weight is 536 g/mol. The summed E-state index contributed by atoms with van der Waals surface area (Å²) in [6.07, 6.45) is 4.04. The van der Waals surface area contributed by atoms with Crippen molar-refractivity contribution in [3.8, 4) is 5.69 Å². The van der Waals surface area contributed by atoms with Crippen LogP contribution in [0.1, 0.15) is 29.9 Å². The Kier molecular flexibility index (Phi) is 6.77. The molecule has 0 unspecified atom stereocenters. The number of aromatic nitrogens is 2. The minimum absolute atomic E-state index is 0.172. The van der Waals surface area contributed by atoms with Crippen LogP contribution in [0.4, 0.5) is 10.1 Å². The third-order valence-electron chi connectivity index (χ3n) is 7.00. The van der Waals surface area contributed by atoms with Crippen molar-refractivity contribution in [3.05, 3.63) is 127 Å². The Morgan fingerprint density at radius 3 is 2.54 bits per heavy atom. The molecule has 2 N–H and O–H groups in total. The first-order chi connectivity index (χ1) is 19.1. The molecule has 3 aromatic carbocycles. The molecule has 0 aliphatic carbocycles. The number of anilines is 1. The van der Waals surface area contributed by atoms with Gasteiger partial charge in [0.2, 0.25) is 5.91 Å². The van der Waals surface area contributed by atoms with Gasteiger partial charge in [0.25, 0.3) is 0 Å². The van der Waals surface area contributed by atoms with E-state index in [9.17, 15) is 9.18 Å². The first-order valence-corrected chi connectivity index (χ1v) is 13.2. The fourth-order valence-electron chi connectivity index (χ4n) is 5.14. The summed E-state index contributed by atoms with van der Waals surface area (Å²) < 4.78 is 15.4. The Morgan fingerprint density at radius 1 is 0.949 bits per heavy atom. The fourth-order valence-corrected chi connectivity index (χ4v) is 5.48. The highest BCUT2D eigenvalue weighted by molar-refractivity contribution is 7.80. The van der Waals surface area contributed by atoms with Gasteiger partial charge in [0.05, 0.1) is 17.8 Å². The van der Waals surface area contributed by atoms with Gasteiger partial charge >= 0.3 is 0 Å². The lowest BCUT2D eigenvalue weighted by molar-refractivity contribution is -0.116. The maximum atomic E-state index is 13.3. The van der Waals surface area contributed by atoms with Crippen LogP contribution in [-0.2, 0) is 4.79 Å². The van der Waals surface area contributed by atoms with Crippen molar-refractivity contribution < 1.29 is 9.18 Å². The summed E-state index contributed by atoms with van der Waals surface area (Å²) in [5.74, 6) is -0.520. The Morgan fingerprint density at radius 2 is 1.74 bits per heavy atom. The number of nitrogens with zero attached hydrogens (tertiary/aromatic N) is 3. The molecule has 1 amide bonds. The number of halogens is 1. The summed E-state index contributed by atoms with van der Waals surface area (Å²) in [6, 6.07) is 30.0. The third-order valence-corrected chi connectivity index (χ3v) is 7.35. The van der Waals surface area contributed by atoms with Crippen molar-refractivity contribution in [1.29, 1.82) is 0 Å². The second-order valence-corrected chi connectivity index (χ2v) is 9.85. The van der Waals surface area contributed by atoms with E-state index < -0.39 is 0 Å². The smallest absolute Gasteiger partial charge is 0.226 e. The maximum Gasteiger partial charge on any atom is 0.226 e. The molecule has 0 radical (unpaired) electrons. The first-order valence-electron chi connectivity index (χ1n) is 12.8. The lowest BCUT2D eigenvalue weighted by Crippen LogP contribution is -2.33. The van der Waals surface area contributed by atoms with E-state index in [0.29, 0.717) is 17.3 Å². The first kappa shape index (κ1) is 24.8. The predicted octanol–water partition coefficient (Wildman–Crippen LogP) is 6.17. The van der Waals surface area contributed by atoms with Crippen molar-refractivity contribution in [3.63, 3.8) is 0 Å². The molecule has 39 heavy (non-hydrogen) atoms. The van der Waals surface area contributed by atoms with Gasteiger partial charge in [-0.3, -0.25) is 9.78 Å². The van der Waals surface area contributed by atoms with E-state index in [-0.39, 0.29) is 30.2 Å². The van der Waals surface area contributed by atoms with Crippen molar-refractivity contribution in [2.75, 3.05) is 11.9 Å². The van der Waals surface area contributed by atoms with Gasteiger partial charge in [-0.05, 0) is 83.7 Å². The zero-order valence-electron chi connectivity index (χ0n) is 21.0. The van der Waals surface area contributed by atoms with E-state index in [0.717, 1.165) is 22.5 Å². The molecule has 0 saturated carbocycles. The van der Waals surface area contributed by atoms with Gasteiger partial charge in [-0.2, -0.15) is 0 Å². The van der Waals surface area contributed by atoms with E-state index >= 15 is 0 Å². The van der Waals surface area contributed by atoms with Crippen molar-refractivity contribution >= 4 is 39.7 Å². The van der Waals surface area contributed by atoms with E-state index in [1.165, 1.54) is 17.5 Å². The number of hydrogen-bond acceptors (Lipinski definition) is 3. The summed E-state index contributed by atoms with van der Waals surface area (Å²) in [4.78, 5) is 19.5. The standard InChI is InChI=1S/C31H26FN5OS/c32-23-11-13-24(14-12-23)34-28(38)16-19-37-30(29(35-31(37)39)26-8-3-4-17-33-26)27-9-5-18-36(27)25-15-10-21-6-1-2-7-22(21)20-25/h1-15,17-18,20,29-30H,16,19H2,(H,34,38)(H,35,39)/t29-,30+/m1/s1. The van der Waals surface area contributed by atoms with Crippen molar-refractivity contribution in [1.82, 2.24) is 19.8 Å². The largest absolute Gasteiger partial charge is 0.352 e. The molecule has 2 atom stereocenters.